The molecule has 1 heterocycles. The van der Waals surface area contributed by atoms with Crippen LogP contribution in [0.3, 0.4) is 0 Å². The van der Waals surface area contributed by atoms with E-state index in [2.05, 4.69) is 303 Å². The van der Waals surface area contributed by atoms with E-state index in [-0.39, 0.29) is 5.41 Å². The fraction of sp³-hybridized carbons (Fsp3) is 0.0649. The van der Waals surface area contributed by atoms with Gasteiger partial charge in [0.15, 0.2) is 0 Å². The summed E-state index contributed by atoms with van der Waals surface area (Å²) in [6, 6.07) is 102. The third-order valence-electron chi connectivity index (χ3n) is 17.9. The molecule has 0 fully saturated rings. The van der Waals surface area contributed by atoms with Gasteiger partial charge in [-0.25, -0.2) is 0 Å². The largest absolute Gasteiger partial charge is 0.311 e. The molecule has 2 heteroatoms. The summed E-state index contributed by atoms with van der Waals surface area (Å²) in [6.45, 7) is 6.90. The maximum atomic E-state index is 2.48. The third kappa shape index (κ3) is 6.65. The molecule has 0 radical (unpaired) electrons. The molecule has 0 atom stereocenters. The van der Waals surface area contributed by atoms with Crippen molar-refractivity contribution in [1.82, 2.24) is 4.57 Å². The van der Waals surface area contributed by atoms with Crippen LogP contribution in [0.2, 0.25) is 0 Å². The highest BCUT2D eigenvalue weighted by molar-refractivity contribution is 6.11. The molecule has 2 nitrogen and oxygen atoms in total. The Labute approximate surface area is 461 Å². The van der Waals surface area contributed by atoms with E-state index in [1.54, 1.807) is 0 Å². The lowest BCUT2D eigenvalue weighted by molar-refractivity contribution is 0.660. The van der Waals surface area contributed by atoms with Gasteiger partial charge in [-0.05, 0) is 192 Å². The Balaban J connectivity index is 0.789. The van der Waals surface area contributed by atoms with Crippen molar-refractivity contribution in [1.29, 1.82) is 0 Å². The van der Waals surface area contributed by atoms with E-state index in [4.69, 9.17) is 0 Å². The smallest absolute Gasteiger partial charge is 0.0725 e. The molecule has 0 unspecified atom stereocenters. The van der Waals surface area contributed by atoms with E-state index in [0.717, 1.165) is 17.1 Å². The number of anilines is 3. The van der Waals surface area contributed by atoms with Gasteiger partial charge in [-0.2, -0.15) is 0 Å². The average molecular weight is 1010 g/mol. The number of benzene rings is 12. The summed E-state index contributed by atoms with van der Waals surface area (Å²) in [5, 5.41) is 2.52. The molecule has 0 saturated carbocycles. The molecule has 3 aliphatic rings. The van der Waals surface area contributed by atoms with Gasteiger partial charge < -0.3 is 9.47 Å². The first-order valence-electron chi connectivity index (χ1n) is 27.7. The highest BCUT2D eigenvalue weighted by atomic mass is 15.1. The summed E-state index contributed by atoms with van der Waals surface area (Å²) in [7, 11) is 0. The van der Waals surface area contributed by atoms with Crippen LogP contribution < -0.4 is 4.90 Å². The number of hydrogen-bond donors (Lipinski definition) is 0. The lowest BCUT2D eigenvalue weighted by Gasteiger charge is -2.30. The summed E-state index contributed by atoms with van der Waals surface area (Å²) in [5.41, 5.74) is 31.0. The summed E-state index contributed by atoms with van der Waals surface area (Å²) >= 11 is 0. The number of para-hydroxylation sites is 1. The monoisotopic (exact) mass is 1010 g/mol. The quantitative estimate of drug-likeness (QED) is 0.154. The molecule has 0 amide bonds. The van der Waals surface area contributed by atoms with Crippen LogP contribution in [0.5, 0.6) is 0 Å². The standard InChI is InChI=1S/C77H54N2/c1-49-25-43-74-66(45-49)67-46-53(34-44-75(67)79(74)56-15-5-4-6-16-56)50-26-35-57(36-27-50)78(58-37-28-51(29-38-58)54-32-41-64-60-17-7-11-21-68(60)76(2,3)72(64)47-54)59-39-30-52(31-40-59)55-33-42-65-63-20-10-14-24-71(63)77(73(65)48-55)69-22-12-8-18-61(69)62-19-9-13-23-70(62)77/h4-48H,1-3H3. The van der Waals surface area contributed by atoms with Gasteiger partial charge in [-0.1, -0.05) is 207 Å². The van der Waals surface area contributed by atoms with Crippen LogP contribution in [0.15, 0.2) is 273 Å². The first kappa shape index (κ1) is 45.4. The van der Waals surface area contributed by atoms with E-state index in [1.807, 2.05) is 0 Å². The SMILES string of the molecule is Cc1ccc2c(c1)c1cc(-c3ccc(N(c4ccc(-c5ccc6c(c5)C(C)(C)c5ccccc5-6)cc4)c4ccc(-c5ccc6c(c5)C5(c7ccccc7-c7ccccc75)c5ccccc5-6)cc4)cc3)ccc1n2-c1ccccc1. The fourth-order valence-electron chi connectivity index (χ4n) is 14.2. The van der Waals surface area contributed by atoms with Crippen LogP contribution >= 0.6 is 0 Å². The maximum absolute atomic E-state index is 2.48. The molecule has 12 aromatic carbocycles. The van der Waals surface area contributed by atoms with Crippen molar-refractivity contribution in [2.24, 2.45) is 0 Å². The minimum absolute atomic E-state index is 0.0671. The van der Waals surface area contributed by atoms with Crippen molar-refractivity contribution in [3.8, 4) is 72.4 Å². The fourth-order valence-corrected chi connectivity index (χ4v) is 14.2. The first-order chi connectivity index (χ1) is 38.8. The second-order valence-corrected chi connectivity index (χ2v) is 22.5. The molecule has 0 saturated heterocycles. The number of hydrogen-bond acceptors (Lipinski definition) is 1. The molecule has 13 aromatic rings. The molecule has 3 aliphatic carbocycles. The Bertz CT molecular complexity index is 4550. The third-order valence-corrected chi connectivity index (χ3v) is 17.9. The molecular formula is C77H54N2. The number of aryl methyl sites for hydroxylation is 1. The van der Waals surface area contributed by atoms with Crippen LogP contribution in [-0.2, 0) is 10.8 Å². The lowest BCUT2D eigenvalue weighted by atomic mass is 9.70. The van der Waals surface area contributed by atoms with Gasteiger partial charge in [0.2, 0.25) is 0 Å². The second kappa shape index (κ2) is 17.1. The molecule has 0 aliphatic heterocycles. The van der Waals surface area contributed by atoms with E-state index >= 15 is 0 Å². The Morgan fingerprint density at radius 1 is 0.291 bits per heavy atom. The van der Waals surface area contributed by atoms with E-state index in [1.165, 1.54) is 133 Å². The van der Waals surface area contributed by atoms with Crippen molar-refractivity contribution in [2.75, 3.05) is 4.90 Å². The maximum Gasteiger partial charge on any atom is 0.0725 e. The summed E-state index contributed by atoms with van der Waals surface area (Å²) in [6.07, 6.45) is 0. The van der Waals surface area contributed by atoms with Gasteiger partial charge in [-0.3, -0.25) is 0 Å². The Kier molecular flexibility index (Phi) is 9.85. The van der Waals surface area contributed by atoms with Gasteiger partial charge >= 0.3 is 0 Å². The van der Waals surface area contributed by atoms with Crippen molar-refractivity contribution >= 4 is 38.9 Å². The van der Waals surface area contributed by atoms with Gasteiger partial charge in [0.1, 0.15) is 0 Å². The molecule has 1 aromatic heterocycles. The van der Waals surface area contributed by atoms with E-state index < -0.39 is 5.41 Å². The Morgan fingerprint density at radius 3 is 1.18 bits per heavy atom. The van der Waals surface area contributed by atoms with Crippen molar-refractivity contribution in [2.45, 2.75) is 31.6 Å². The van der Waals surface area contributed by atoms with Crippen LogP contribution in [0, 0.1) is 6.92 Å². The minimum atomic E-state index is -0.392. The van der Waals surface area contributed by atoms with Crippen molar-refractivity contribution in [3.05, 3.63) is 312 Å². The van der Waals surface area contributed by atoms with Gasteiger partial charge in [0.05, 0.1) is 16.4 Å². The van der Waals surface area contributed by atoms with Gasteiger partial charge in [0.25, 0.3) is 0 Å². The zero-order chi connectivity index (χ0) is 52.6. The average Bonchev–Trinajstić information content (AvgIpc) is 3.53. The molecule has 79 heavy (non-hydrogen) atoms. The number of nitrogens with zero attached hydrogens (tertiary/aromatic N) is 2. The topological polar surface area (TPSA) is 8.17 Å². The molecule has 0 N–H and O–H groups in total. The minimum Gasteiger partial charge on any atom is -0.311 e. The zero-order valence-electron chi connectivity index (χ0n) is 44.4. The lowest BCUT2D eigenvalue weighted by Crippen LogP contribution is -2.25. The summed E-state index contributed by atoms with van der Waals surface area (Å²) in [4.78, 5) is 2.40. The number of fused-ring (bicyclic) bond motifs is 16. The van der Waals surface area contributed by atoms with Crippen molar-refractivity contribution < 1.29 is 0 Å². The van der Waals surface area contributed by atoms with Crippen LogP contribution in [0.25, 0.3) is 94.3 Å². The zero-order valence-corrected chi connectivity index (χ0v) is 44.4. The number of aromatic nitrogens is 1. The van der Waals surface area contributed by atoms with Crippen LogP contribution in [-0.4, -0.2) is 4.57 Å². The first-order valence-corrected chi connectivity index (χ1v) is 27.7. The predicted octanol–water partition coefficient (Wildman–Crippen LogP) is 20.2. The normalized spacial score (nSPS) is 13.7. The highest BCUT2D eigenvalue weighted by Gasteiger charge is 2.51. The molecule has 0 bridgehead atoms. The van der Waals surface area contributed by atoms with E-state index in [0.29, 0.717) is 0 Å². The molecule has 1 spiro atoms. The van der Waals surface area contributed by atoms with Crippen LogP contribution in [0.4, 0.5) is 17.1 Å². The summed E-state index contributed by atoms with van der Waals surface area (Å²) < 4.78 is 2.39. The van der Waals surface area contributed by atoms with Gasteiger partial charge in [0, 0.05) is 38.9 Å². The molecule has 16 rings (SSSR count). The molecule has 372 valence electrons. The second-order valence-electron chi connectivity index (χ2n) is 22.5. The predicted molar refractivity (Wildman–Crippen MR) is 330 cm³/mol. The Morgan fingerprint density at radius 2 is 0.658 bits per heavy atom. The van der Waals surface area contributed by atoms with Gasteiger partial charge in [-0.15, -0.1) is 0 Å². The van der Waals surface area contributed by atoms with Crippen molar-refractivity contribution in [3.63, 3.8) is 0 Å². The molecular weight excluding hydrogens is 953 g/mol. The Hall–Kier alpha value is -9.76. The van der Waals surface area contributed by atoms with E-state index in [9.17, 15) is 0 Å². The summed E-state index contributed by atoms with van der Waals surface area (Å²) in [5.74, 6) is 0. The highest BCUT2D eigenvalue weighted by Crippen LogP contribution is 2.63. The number of rotatable bonds is 7. The van der Waals surface area contributed by atoms with Crippen LogP contribution in [0.1, 0.15) is 52.8 Å².